The number of rotatable bonds is 1. The van der Waals surface area contributed by atoms with E-state index in [1.807, 2.05) is 39.0 Å². The number of hydrogen-bond donors (Lipinski definition) is 0. The summed E-state index contributed by atoms with van der Waals surface area (Å²) in [5, 5.41) is 0. The van der Waals surface area contributed by atoms with Gasteiger partial charge in [0.25, 0.3) is 5.91 Å². The van der Waals surface area contributed by atoms with Crippen LogP contribution in [-0.2, 0) is 9.53 Å². The number of benzene rings is 1. The molecule has 1 aromatic carbocycles. The summed E-state index contributed by atoms with van der Waals surface area (Å²) in [7, 11) is 0. The second kappa shape index (κ2) is 6.82. The van der Waals surface area contributed by atoms with E-state index >= 15 is 0 Å². The average molecular weight is 348 g/mol. The van der Waals surface area contributed by atoms with Crippen LogP contribution in [0.2, 0.25) is 0 Å². The van der Waals surface area contributed by atoms with E-state index in [1.54, 1.807) is 15.9 Å². The Hall–Kier alpha value is -2.44. The second-order valence-electron chi connectivity index (χ2n) is 7.16. The van der Waals surface area contributed by atoms with Crippen LogP contribution in [0, 0.1) is 0 Å². The van der Waals surface area contributed by atoms with Gasteiger partial charge in [0.1, 0.15) is 12.2 Å². The number of hydrogen-bond acceptors (Lipinski definition) is 5. The Labute approximate surface area is 147 Å². The van der Waals surface area contributed by atoms with Gasteiger partial charge < -0.3 is 24.0 Å². The molecule has 1 saturated heterocycles. The largest absolute Gasteiger partial charge is 0.485 e. The van der Waals surface area contributed by atoms with Crippen molar-refractivity contribution in [2.45, 2.75) is 32.5 Å². The van der Waals surface area contributed by atoms with Crippen molar-refractivity contribution in [2.75, 3.05) is 32.8 Å². The van der Waals surface area contributed by atoms with Crippen molar-refractivity contribution < 1.29 is 23.8 Å². The summed E-state index contributed by atoms with van der Waals surface area (Å²) < 4.78 is 16.7. The number of fused-ring (bicyclic) bond motifs is 1. The molecule has 0 aliphatic carbocycles. The van der Waals surface area contributed by atoms with Gasteiger partial charge in [0.15, 0.2) is 11.5 Å². The van der Waals surface area contributed by atoms with Crippen LogP contribution in [0.25, 0.3) is 0 Å². The van der Waals surface area contributed by atoms with Crippen LogP contribution in [0.3, 0.4) is 0 Å². The third kappa shape index (κ3) is 4.15. The van der Waals surface area contributed by atoms with Crippen molar-refractivity contribution in [2.24, 2.45) is 0 Å². The van der Waals surface area contributed by atoms with Crippen molar-refractivity contribution in [3.63, 3.8) is 0 Å². The number of carbonyl (C=O) groups excluding carboxylic acids is 2. The van der Waals surface area contributed by atoms with Gasteiger partial charge in [-0.15, -0.1) is 0 Å². The molecule has 1 aromatic rings. The summed E-state index contributed by atoms with van der Waals surface area (Å²) in [6.07, 6.45) is -0.992. The fourth-order valence-electron chi connectivity index (χ4n) is 2.78. The summed E-state index contributed by atoms with van der Waals surface area (Å²) in [6.45, 7) is 7.52. The second-order valence-corrected chi connectivity index (χ2v) is 7.16. The van der Waals surface area contributed by atoms with E-state index in [2.05, 4.69) is 0 Å². The molecule has 136 valence electrons. The molecule has 3 rings (SSSR count). The smallest absolute Gasteiger partial charge is 0.410 e. The van der Waals surface area contributed by atoms with Crippen molar-refractivity contribution in [1.29, 1.82) is 0 Å². The summed E-state index contributed by atoms with van der Waals surface area (Å²) in [4.78, 5) is 28.1. The zero-order chi connectivity index (χ0) is 18.0. The molecule has 1 fully saturated rings. The predicted octanol–water partition coefficient (Wildman–Crippen LogP) is 1.91. The van der Waals surface area contributed by atoms with Crippen molar-refractivity contribution >= 4 is 12.0 Å². The summed E-state index contributed by atoms with van der Waals surface area (Å²) in [5.41, 5.74) is -0.523. The molecule has 2 heterocycles. The monoisotopic (exact) mass is 348 g/mol. The fourth-order valence-corrected chi connectivity index (χ4v) is 2.78. The van der Waals surface area contributed by atoms with Gasteiger partial charge in [-0.2, -0.15) is 0 Å². The minimum atomic E-state index is -0.650. The van der Waals surface area contributed by atoms with Gasteiger partial charge in [-0.1, -0.05) is 12.1 Å². The van der Waals surface area contributed by atoms with E-state index in [0.717, 1.165) is 0 Å². The van der Waals surface area contributed by atoms with Crippen LogP contribution in [0.15, 0.2) is 24.3 Å². The Morgan fingerprint density at radius 1 is 1.04 bits per heavy atom. The molecular weight excluding hydrogens is 324 g/mol. The quantitative estimate of drug-likeness (QED) is 0.775. The Balaban J connectivity index is 1.53. The van der Waals surface area contributed by atoms with Crippen molar-refractivity contribution in [3.05, 3.63) is 24.3 Å². The maximum atomic E-state index is 12.7. The zero-order valence-corrected chi connectivity index (χ0v) is 14.9. The molecular formula is C18H24N2O5. The van der Waals surface area contributed by atoms with E-state index in [4.69, 9.17) is 14.2 Å². The lowest BCUT2D eigenvalue weighted by atomic mass is 10.2. The SMILES string of the molecule is CC(C)(C)OC(=O)N1CCN(C(=O)[C@@H]2COc3ccccc3O2)CC1. The van der Waals surface area contributed by atoms with Crippen LogP contribution in [0.4, 0.5) is 4.79 Å². The number of nitrogens with zero attached hydrogens (tertiary/aromatic N) is 2. The fraction of sp³-hybridized carbons (Fsp3) is 0.556. The van der Waals surface area contributed by atoms with E-state index in [0.29, 0.717) is 37.7 Å². The molecule has 7 heteroatoms. The molecule has 1 atom stereocenters. The van der Waals surface area contributed by atoms with E-state index in [1.165, 1.54) is 0 Å². The maximum absolute atomic E-state index is 12.7. The minimum Gasteiger partial charge on any atom is -0.485 e. The van der Waals surface area contributed by atoms with Crippen LogP contribution in [0.5, 0.6) is 11.5 Å². The number of piperazine rings is 1. The van der Waals surface area contributed by atoms with Crippen LogP contribution in [-0.4, -0.2) is 66.3 Å². The number of ether oxygens (including phenoxy) is 3. The molecule has 0 N–H and O–H groups in total. The number of carbonyl (C=O) groups is 2. The highest BCUT2D eigenvalue weighted by atomic mass is 16.6. The summed E-state index contributed by atoms with van der Waals surface area (Å²) >= 11 is 0. The third-order valence-electron chi connectivity index (χ3n) is 4.03. The first-order chi connectivity index (χ1) is 11.8. The average Bonchev–Trinajstić information content (AvgIpc) is 2.59. The lowest BCUT2D eigenvalue weighted by Gasteiger charge is -2.37. The normalized spacial score (nSPS) is 20.2. The Morgan fingerprint density at radius 3 is 2.28 bits per heavy atom. The number of para-hydroxylation sites is 2. The van der Waals surface area contributed by atoms with Crippen LogP contribution in [0.1, 0.15) is 20.8 Å². The van der Waals surface area contributed by atoms with Gasteiger partial charge in [0, 0.05) is 26.2 Å². The van der Waals surface area contributed by atoms with Gasteiger partial charge in [-0.3, -0.25) is 4.79 Å². The highest BCUT2D eigenvalue weighted by Gasteiger charge is 2.34. The minimum absolute atomic E-state index is 0.113. The predicted molar refractivity (Wildman–Crippen MR) is 90.7 cm³/mol. The molecule has 0 unspecified atom stereocenters. The third-order valence-corrected chi connectivity index (χ3v) is 4.03. The lowest BCUT2D eigenvalue weighted by molar-refractivity contribution is -0.143. The molecule has 0 radical (unpaired) electrons. The molecule has 2 aliphatic rings. The molecule has 0 spiro atoms. The maximum Gasteiger partial charge on any atom is 0.410 e. The first-order valence-electron chi connectivity index (χ1n) is 8.49. The van der Waals surface area contributed by atoms with Gasteiger partial charge in [-0.25, -0.2) is 4.79 Å². The zero-order valence-electron chi connectivity index (χ0n) is 14.9. The summed E-state index contributed by atoms with van der Waals surface area (Å²) in [6, 6.07) is 7.31. The lowest BCUT2D eigenvalue weighted by Crippen LogP contribution is -2.55. The topological polar surface area (TPSA) is 68.3 Å². The van der Waals surface area contributed by atoms with E-state index in [9.17, 15) is 9.59 Å². The molecule has 0 saturated carbocycles. The highest BCUT2D eigenvalue weighted by Crippen LogP contribution is 2.31. The van der Waals surface area contributed by atoms with Gasteiger partial charge in [-0.05, 0) is 32.9 Å². The molecule has 2 amide bonds. The number of amides is 2. The van der Waals surface area contributed by atoms with Gasteiger partial charge in [0.05, 0.1) is 0 Å². The van der Waals surface area contributed by atoms with Crippen molar-refractivity contribution in [3.8, 4) is 11.5 Å². The van der Waals surface area contributed by atoms with Gasteiger partial charge in [0.2, 0.25) is 6.10 Å². The van der Waals surface area contributed by atoms with Crippen molar-refractivity contribution in [1.82, 2.24) is 9.80 Å². The van der Waals surface area contributed by atoms with Crippen LogP contribution >= 0.6 is 0 Å². The molecule has 0 aromatic heterocycles. The van der Waals surface area contributed by atoms with E-state index < -0.39 is 11.7 Å². The Kier molecular flexibility index (Phi) is 4.74. The van der Waals surface area contributed by atoms with E-state index in [-0.39, 0.29) is 18.6 Å². The first kappa shape index (κ1) is 17.4. The molecule has 7 nitrogen and oxygen atoms in total. The van der Waals surface area contributed by atoms with Crippen LogP contribution < -0.4 is 9.47 Å². The highest BCUT2D eigenvalue weighted by molar-refractivity contribution is 5.82. The van der Waals surface area contributed by atoms with Gasteiger partial charge >= 0.3 is 6.09 Å². The first-order valence-corrected chi connectivity index (χ1v) is 8.49. The Bertz CT molecular complexity index is 647. The molecule has 2 aliphatic heterocycles. The molecule has 0 bridgehead atoms. The Morgan fingerprint density at radius 2 is 1.64 bits per heavy atom. The summed E-state index contributed by atoms with van der Waals surface area (Å²) in [5.74, 6) is 1.12. The molecule has 25 heavy (non-hydrogen) atoms. The standard InChI is InChI=1S/C18H24N2O5/c1-18(2,3)25-17(22)20-10-8-19(9-11-20)16(21)15-12-23-13-6-4-5-7-14(13)24-15/h4-7,15H,8-12H2,1-3H3/t15-/m0/s1.